The summed E-state index contributed by atoms with van der Waals surface area (Å²) in [6.07, 6.45) is 7.39. The van der Waals surface area contributed by atoms with E-state index in [2.05, 4.69) is 22.8 Å². The fourth-order valence-corrected chi connectivity index (χ4v) is 3.06. The van der Waals surface area contributed by atoms with Gasteiger partial charge in [0.1, 0.15) is 0 Å². The molecule has 2 aromatic rings. The van der Waals surface area contributed by atoms with Crippen molar-refractivity contribution in [2.75, 3.05) is 5.32 Å². The van der Waals surface area contributed by atoms with E-state index in [0.717, 1.165) is 18.4 Å². The molecule has 0 fully saturated rings. The molecule has 0 saturated heterocycles. The van der Waals surface area contributed by atoms with E-state index < -0.39 is 0 Å². The van der Waals surface area contributed by atoms with Crippen LogP contribution in [0.25, 0.3) is 0 Å². The number of hydrogen-bond acceptors (Lipinski definition) is 3. The van der Waals surface area contributed by atoms with Crippen LogP contribution in [0.15, 0.2) is 53.6 Å². The number of hydrogen-bond donors (Lipinski definition) is 2. The maximum Gasteiger partial charge on any atom is 0.255 e. The van der Waals surface area contributed by atoms with Gasteiger partial charge in [0.15, 0.2) is 0 Å². The van der Waals surface area contributed by atoms with Crippen molar-refractivity contribution in [1.82, 2.24) is 5.43 Å². The van der Waals surface area contributed by atoms with Gasteiger partial charge >= 0.3 is 0 Å². The molecular formula is C24H30ClN3O2. The van der Waals surface area contributed by atoms with Crippen molar-refractivity contribution in [2.45, 2.75) is 58.8 Å². The first kappa shape index (κ1) is 23.6. The molecule has 0 spiro atoms. The summed E-state index contributed by atoms with van der Waals surface area (Å²) in [6, 6.07) is 14.0. The number of carbonyl (C=O) groups is 2. The van der Waals surface area contributed by atoms with Gasteiger partial charge in [-0.25, -0.2) is 5.43 Å². The maximum absolute atomic E-state index is 12.3. The van der Waals surface area contributed by atoms with E-state index in [9.17, 15) is 9.59 Å². The lowest BCUT2D eigenvalue weighted by molar-refractivity contribution is -0.121. The van der Waals surface area contributed by atoms with Crippen molar-refractivity contribution in [1.29, 1.82) is 0 Å². The molecule has 2 N–H and O–H groups in total. The Balaban J connectivity index is 1.79. The largest absolute Gasteiger partial charge is 0.322 e. The van der Waals surface area contributed by atoms with Gasteiger partial charge in [0.2, 0.25) is 5.91 Å². The molecule has 0 atom stereocenters. The van der Waals surface area contributed by atoms with Gasteiger partial charge in [0.25, 0.3) is 5.91 Å². The molecule has 0 aliphatic carbocycles. The van der Waals surface area contributed by atoms with Crippen LogP contribution >= 0.6 is 11.6 Å². The fraction of sp³-hybridized carbons (Fsp3) is 0.375. The van der Waals surface area contributed by atoms with Crippen molar-refractivity contribution in [3.63, 3.8) is 0 Å². The lowest BCUT2D eigenvalue weighted by Gasteiger charge is -2.07. The molecule has 0 radical (unpaired) electrons. The second-order valence-corrected chi connectivity index (χ2v) is 7.72. The van der Waals surface area contributed by atoms with Gasteiger partial charge < -0.3 is 5.32 Å². The van der Waals surface area contributed by atoms with Crippen LogP contribution in [0.3, 0.4) is 0 Å². The number of unbranched alkanes of at least 4 members (excludes halogenated alkanes) is 5. The Morgan fingerprint density at radius 1 is 0.867 bits per heavy atom. The summed E-state index contributed by atoms with van der Waals surface area (Å²) in [5.74, 6) is -0.261. The van der Waals surface area contributed by atoms with Gasteiger partial charge in [-0.3, -0.25) is 9.59 Å². The standard InChI is InChI=1S/C24H30ClN3O2/c1-3-4-5-6-7-8-9-23(29)28-27-18(2)19-12-16-22(17-13-19)26-24(30)20-10-14-21(25)15-11-20/h10-17H,3-9H2,1-2H3,(H,26,30)(H,28,29)/b27-18-. The summed E-state index contributed by atoms with van der Waals surface area (Å²) >= 11 is 5.85. The third kappa shape index (κ3) is 8.37. The Labute approximate surface area is 183 Å². The van der Waals surface area contributed by atoms with Crippen LogP contribution in [0.2, 0.25) is 5.02 Å². The normalized spacial score (nSPS) is 11.2. The van der Waals surface area contributed by atoms with Crippen LogP contribution < -0.4 is 10.7 Å². The van der Waals surface area contributed by atoms with Gasteiger partial charge in [-0.15, -0.1) is 0 Å². The Hall–Kier alpha value is -2.66. The summed E-state index contributed by atoms with van der Waals surface area (Å²) < 4.78 is 0. The molecule has 2 amide bonds. The number of hydrazone groups is 1. The van der Waals surface area contributed by atoms with E-state index in [-0.39, 0.29) is 11.8 Å². The monoisotopic (exact) mass is 427 g/mol. The van der Waals surface area contributed by atoms with E-state index in [0.29, 0.717) is 28.4 Å². The first-order valence-corrected chi connectivity index (χ1v) is 10.9. The van der Waals surface area contributed by atoms with Gasteiger partial charge in [-0.05, 0) is 55.3 Å². The van der Waals surface area contributed by atoms with E-state index in [1.807, 2.05) is 19.1 Å². The third-order valence-corrected chi connectivity index (χ3v) is 5.02. The van der Waals surface area contributed by atoms with Crippen molar-refractivity contribution in [3.05, 3.63) is 64.7 Å². The zero-order chi connectivity index (χ0) is 21.8. The topological polar surface area (TPSA) is 70.6 Å². The smallest absolute Gasteiger partial charge is 0.255 e. The number of carbonyl (C=O) groups excluding carboxylic acids is 2. The summed E-state index contributed by atoms with van der Waals surface area (Å²) in [5, 5.41) is 7.62. The van der Waals surface area contributed by atoms with E-state index in [1.54, 1.807) is 36.4 Å². The molecule has 30 heavy (non-hydrogen) atoms. The first-order valence-electron chi connectivity index (χ1n) is 10.5. The second kappa shape index (κ2) is 12.8. The molecule has 0 heterocycles. The quantitative estimate of drug-likeness (QED) is 0.255. The van der Waals surface area contributed by atoms with Gasteiger partial charge in [-0.1, -0.05) is 62.8 Å². The Morgan fingerprint density at radius 2 is 1.47 bits per heavy atom. The molecule has 2 aromatic carbocycles. The number of halogens is 1. The first-order chi connectivity index (χ1) is 14.5. The third-order valence-electron chi connectivity index (χ3n) is 4.77. The molecule has 0 bridgehead atoms. The summed E-state index contributed by atoms with van der Waals surface area (Å²) in [4.78, 5) is 24.2. The molecule has 0 aromatic heterocycles. The molecule has 5 nitrogen and oxygen atoms in total. The second-order valence-electron chi connectivity index (χ2n) is 7.29. The Kier molecular flexibility index (Phi) is 10.1. The van der Waals surface area contributed by atoms with Crippen LogP contribution in [0.4, 0.5) is 5.69 Å². The number of amides is 2. The lowest BCUT2D eigenvalue weighted by atomic mass is 10.1. The van der Waals surface area contributed by atoms with Crippen molar-refractivity contribution in [2.24, 2.45) is 5.10 Å². The molecule has 0 saturated carbocycles. The summed E-state index contributed by atoms with van der Waals surface area (Å²) in [5.41, 5.74) is 5.42. The van der Waals surface area contributed by atoms with Crippen molar-refractivity contribution in [3.8, 4) is 0 Å². The number of rotatable bonds is 11. The minimum absolute atomic E-state index is 0.0586. The molecule has 0 aliphatic rings. The van der Waals surface area contributed by atoms with E-state index in [1.165, 1.54) is 25.7 Å². The van der Waals surface area contributed by atoms with Crippen LogP contribution in [0, 0.1) is 0 Å². The number of nitrogens with one attached hydrogen (secondary N) is 2. The summed E-state index contributed by atoms with van der Waals surface area (Å²) in [6.45, 7) is 4.03. The summed E-state index contributed by atoms with van der Waals surface area (Å²) in [7, 11) is 0. The lowest BCUT2D eigenvalue weighted by Crippen LogP contribution is -2.18. The highest BCUT2D eigenvalue weighted by molar-refractivity contribution is 6.30. The maximum atomic E-state index is 12.3. The minimum atomic E-state index is -0.202. The van der Waals surface area contributed by atoms with Crippen LogP contribution in [-0.4, -0.2) is 17.5 Å². The molecular weight excluding hydrogens is 398 g/mol. The van der Waals surface area contributed by atoms with Crippen LogP contribution in [0.1, 0.15) is 74.7 Å². The molecule has 160 valence electrons. The highest BCUT2D eigenvalue weighted by Crippen LogP contribution is 2.14. The number of benzene rings is 2. The average molecular weight is 428 g/mol. The zero-order valence-corrected chi connectivity index (χ0v) is 18.5. The van der Waals surface area contributed by atoms with Crippen molar-refractivity contribution < 1.29 is 9.59 Å². The predicted octanol–water partition coefficient (Wildman–Crippen LogP) is 6.18. The molecule has 0 aliphatic heterocycles. The average Bonchev–Trinajstić information content (AvgIpc) is 2.75. The Bertz CT molecular complexity index is 846. The van der Waals surface area contributed by atoms with Crippen LogP contribution in [0.5, 0.6) is 0 Å². The number of anilines is 1. The van der Waals surface area contributed by atoms with E-state index >= 15 is 0 Å². The van der Waals surface area contributed by atoms with E-state index in [4.69, 9.17) is 11.6 Å². The highest BCUT2D eigenvalue weighted by atomic mass is 35.5. The zero-order valence-electron chi connectivity index (χ0n) is 17.7. The van der Waals surface area contributed by atoms with Crippen LogP contribution in [-0.2, 0) is 4.79 Å². The fourth-order valence-electron chi connectivity index (χ4n) is 2.93. The highest BCUT2D eigenvalue weighted by Gasteiger charge is 2.07. The predicted molar refractivity (Wildman–Crippen MR) is 124 cm³/mol. The molecule has 0 unspecified atom stereocenters. The molecule has 6 heteroatoms. The van der Waals surface area contributed by atoms with Gasteiger partial charge in [-0.2, -0.15) is 5.10 Å². The SMILES string of the molecule is CCCCCCCCC(=O)N/N=C(/C)c1ccc(NC(=O)c2ccc(Cl)cc2)cc1. The van der Waals surface area contributed by atoms with Gasteiger partial charge in [0, 0.05) is 22.7 Å². The van der Waals surface area contributed by atoms with Gasteiger partial charge in [0.05, 0.1) is 5.71 Å². The Morgan fingerprint density at radius 3 is 2.13 bits per heavy atom. The number of nitrogens with zero attached hydrogens (tertiary/aromatic N) is 1. The minimum Gasteiger partial charge on any atom is -0.322 e. The molecule has 2 rings (SSSR count). The van der Waals surface area contributed by atoms with Crippen molar-refractivity contribution >= 4 is 34.8 Å².